The second-order valence-electron chi connectivity index (χ2n) is 14.8. The van der Waals surface area contributed by atoms with Gasteiger partial charge in [-0.15, -0.1) is 0 Å². The molecule has 1 fully saturated rings. The van der Waals surface area contributed by atoms with Crippen LogP contribution in [0.3, 0.4) is 0 Å². The number of aromatic nitrogens is 2. The molecule has 56 heavy (non-hydrogen) atoms. The van der Waals surface area contributed by atoms with Crippen molar-refractivity contribution in [1.29, 1.82) is 0 Å². The van der Waals surface area contributed by atoms with Gasteiger partial charge in [0.1, 0.15) is 18.2 Å². The lowest BCUT2D eigenvalue weighted by Crippen LogP contribution is -2.11. The van der Waals surface area contributed by atoms with E-state index in [-0.39, 0.29) is 12.3 Å². The zero-order valence-corrected chi connectivity index (χ0v) is 30.4. The molecule has 0 amide bonds. The van der Waals surface area contributed by atoms with Gasteiger partial charge in [-0.25, -0.2) is 4.99 Å². The third-order valence-corrected chi connectivity index (χ3v) is 11.6. The molecule has 4 heterocycles. The molecule has 3 atom stereocenters. The Hall–Kier alpha value is -7.21. The summed E-state index contributed by atoms with van der Waals surface area (Å²) in [4.78, 5) is 5.34. The molecule has 0 saturated carbocycles. The minimum atomic E-state index is -0.128. The van der Waals surface area contributed by atoms with Gasteiger partial charge in [0.25, 0.3) is 0 Å². The lowest BCUT2D eigenvalue weighted by Gasteiger charge is -2.15. The van der Waals surface area contributed by atoms with E-state index < -0.39 is 0 Å². The minimum absolute atomic E-state index is 0.128. The highest BCUT2D eigenvalue weighted by atomic mass is 15.9. The average Bonchev–Trinajstić information content (AvgIpc) is 3.54. The first-order chi connectivity index (χ1) is 27.8. The summed E-state index contributed by atoms with van der Waals surface area (Å²) in [6.07, 6.45) is 0.0227. The number of amidine groups is 1. The number of nitrogens with zero attached hydrogens (tertiary/aromatic N) is 5. The van der Waals surface area contributed by atoms with Crippen LogP contribution in [0.25, 0.3) is 66.1 Å². The van der Waals surface area contributed by atoms with E-state index >= 15 is 0 Å². The summed E-state index contributed by atoms with van der Waals surface area (Å²) >= 11 is 0. The third-order valence-electron chi connectivity index (χ3n) is 11.6. The Bertz CT molecular complexity index is 3120. The molecule has 2 aliphatic heterocycles. The molecule has 0 aliphatic carbocycles. The largest absolute Gasteiger partial charge is 0.309 e. The van der Waals surface area contributed by atoms with Crippen LogP contribution in [0.5, 0.6) is 0 Å². The van der Waals surface area contributed by atoms with Gasteiger partial charge in [0.15, 0.2) is 0 Å². The molecule has 264 valence electrons. The van der Waals surface area contributed by atoms with Crippen LogP contribution in [0.1, 0.15) is 29.0 Å². The Balaban J connectivity index is 0.961. The molecule has 8 aromatic carbocycles. The van der Waals surface area contributed by atoms with Crippen LogP contribution in [0, 0.1) is 0 Å². The number of fused-ring (bicyclic) bond motifs is 7. The molecular weight excluding hydrogens is 683 g/mol. The molecule has 12 rings (SSSR count). The van der Waals surface area contributed by atoms with Crippen LogP contribution in [0.2, 0.25) is 0 Å². The standard InChI is InChI=1S/C51H35N5/c1-3-15-34(16-4-1)49-52-50(56-51(55(49)56)35-17-5-2-6-18-35)38-20-14-22-40(32-38)54-47-28-12-9-25-43(47)44-33-37(29-30-48(44)54)36-19-13-21-39(31-36)53-45-26-10-7-23-41(45)42-24-8-11-27-46(42)53/h1-33,50-51H. The number of rotatable bonds is 6. The highest BCUT2D eigenvalue weighted by molar-refractivity contribution is 6.11. The van der Waals surface area contributed by atoms with Crippen LogP contribution >= 0.6 is 0 Å². The highest BCUT2D eigenvalue weighted by Gasteiger charge is 2.57. The van der Waals surface area contributed by atoms with Crippen molar-refractivity contribution in [1.82, 2.24) is 19.2 Å². The Morgan fingerprint density at radius 1 is 0.357 bits per heavy atom. The third kappa shape index (κ3) is 4.68. The van der Waals surface area contributed by atoms with Gasteiger partial charge in [-0.05, 0) is 76.9 Å². The molecule has 0 bridgehead atoms. The van der Waals surface area contributed by atoms with Crippen molar-refractivity contribution in [2.75, 3.05) is 0 Å². The highest BCUT2D eigenvalue weighted by Crippen LogP contribution is 2.54. The molecule has 0 radical (unpaired) electrons. The zero-order chi connectivity index (χ0) is 36.7. The van der Waals surface area contributed by atoms with E-state index in [0.717, 1.165) is 22.8 Å². The molecule has 2 aromatic heterocycles. The number of aliphatic imine (C=N–C) groups is 1. The average molecular weight is 718 g/mol. The zero-order valence-electron chi connectivity index (χ0n) is 30.4. The predicted molar refractivity (Wildman–Crippen MR) is 229 cm³/mol. The molecule has 0 N–H and O–H groups in total. The number of hydrazine groups is 1. The summed E-state index contributed by atoms with van der Waals surface area (Å²) < 4.78 is 4.81. The van der Waals surface area contributed by atoms with Gasteiger partial charge in [0.2, 0.25) is 0 Å². The SMILES string of the molecule is c1ccc(C2=NC(c3cccc(-n4c5ccccc5c5cc(-c6cccc(-n7c8ccccc8c8ccccc87)c6)ccc54)c3)N3C(c4ccccc4)N23)cc1. The van der Waals surface area contributed by atoms with Gasteiger partial charge < -0.3 is 9.13 Å². The molecule has 3 unspecified atom stereocenters. The summed E-state index contributed by atoms with van der Waals surface area (Å²) in [6, 6.07) is 72.3. The van der Waals surface area contributed by atoms with Crippen molar-refractivity contribution in [3.63, 3.8) is 0 Å². The van der Waals surface area contributed by atoms with Gasteiger partial charge in [0.05, 0.1) is 22.1 Å². The van der Waals surface area contributed by atoms with E-state index in [1.807, 2.05) is 0 Å². The van der Waals surface area contributed by atoms with Crippen LogP contribution in [-0.4, -0.2) is 25.0 Å². The monoisotopic (exact) mass is 717 g/mol. The van der Waals surface area contributed by atoms with E-state index in [2.05, 4.69) is 219 Å². The Labute approximate surface area is 324 Å². The van der Waals surface area contributed by atoms with Crippen molar-refractivity contribution in [3.8, 4) is 22.5 Å². The summed E-state index contributed by atoms with van der Waals surface area (Å²) in [5, 5.41) is 9.76. The predicted octanol–water partition coefficient (Wildman–Crippen LogP) is 12.2. The van der Waals surface area contributed by atoms with Gasteiger partial charge in [-0.3, -0.25) is 5.01 Å². The Kier molecular flexibility index (Phi) is 6.76. The fourth-order valence-corrected chi connectivity index (χ4v) is 9.12. The lowest BCUT2D eigenvalue weighted by atomic mass is 10.0. The molecule has 0 spiro atoms. The van der Waals surface area contributed by atoms with Crippen molar-refractivity contribution >= 4 is 49.4 Å². The van der Waals surface area contributed by atoms with Crippen molar-refractivity contribution in [3.05, 3.63) is 217 Å². The smallest absolute Gasteiger partial charge is 0.150 e. The van der Waals surface area contributed by atoms with E-state index in [9.17, 15) is 0 Å². The summed E-state index contributed by atoms with van der Waals surface area (Å²) in [6.45, 7) is 0. The van der Waals surface area contributed by atoms with Crippen molar-refractivity contribution in [2.24, 2.45) is 4.99 Å². The second-order valence-corrected chi connectivity index (χ2v) is 14.8. The van der Waals surface area contributed by atoms with Crippen LogP contribution in [-0.2, 0) is 0 Å². The summed E-state index contributed by atoms with van der Waals surface area (Å²) in [7, 11) is 0. The molecule has 5 heteroatoms. The normalized spacial score (nSPS) is 17.5. The molecule has 1 saturated heterocycles. The van der Waals surface area contributed by atoms with Gasteiger partial charge in [-0.1, -0.05) is 146 Å². The maximum atomic E-state index is 5.34. The van der Waals surface area contributed by atoms with E-state index in [1.54, 1.807) is 0 Å². The summed E-state index contributed by atoms with van der Waals surface area (Å²) in [5.41, 5.74) is 13.0. The first kappa shape index (κ1) is 31.2. The van der Waals surface area contributed by atoms with E-state index in [4.69, 9.17) is 4.99 Å². The van der Waals surface area contributed by atoms with E-state index in [0.29, 0.717) is 0 Å². The maximum absolute atomic E-state index is 5.34. The number of benzene rings is 8. The second kappa shape index (κ2) is 12.2. The Morgan fingerprint density at radius 2 is 0.857 bits per heavy atom. The molecule has 2 aliphatic rings. The maximum Gasteiger partial charge on any atom is 0.150 e. The van der Waals surface area contributed by atoms with Crippen molar-refractivity contribution < 1.29 is 0 Å². The number of hydrogen-bond acceptors (Lipinski definition) is 3. The topological polar surface area (TPSA) is 28.2 Å². The lowest BCUT2D eigenvalue weighted by molar-refractivity contribution is 0.341. The Morgan fingerprint density at radius 3 is 1.54 bits per heavy atom. The van der Waals surface area contributed by atoms with Crippen LogP contribution < -0.4 is 0 Å². The van der Waals surface area contributed by atoms with Gasteiger partial charge >= 0.3 is 0 Å². The fraction of sp³-hybridized carbons (Fsp3) is 0.0392. The van der Waals surface area contributed by atoms with Crippen LogP contribution in [0.15, 0.2) is 205 Å². The number of para-hydroxylation sites is 3. The molecule has 5 nitrogen and oxygen atoms in total. The number of hydrogen-bond donors (Lipinski definition) is 0. The fourth-order valence-electron chi connectivity index (χ4n) is 9.12. The first-order valence-corrected chi connectivity index (χ1v) is 19.3. The molecule has 10 aromatic rings. The van der Waals surface area contributed by atoms with E-state index in [1.165, 1.54) is 65.9 Å². The van der Waals surface area contributed by atoms with Crippen LogP contribution in [0.4, 0.5) is 0 Å². The van der Waals surface area contributed by atoms with Gasteiger partial charge in [-0.2, -0.15) is 5.01 Å². The van der Waals surface area contributed by atoms with Gasteiger partial charge in [0, 0.05) is 38.5 Å². The van der Waals surface area contributed by atoms with Crippen molar-refractivity contribution in [2.45, 2.75) is 12.3 Å². The quantitative estimate of drug-likeness (QED) is 0.160. The first-order valence-electron chi connectivity index (χ1n) is 19.3. The molecular formula is C51H35N5. The summed E-state index contributed by atoms with van der Waals surface area (Å²) in [5.74, 6) is 1.02. The minimum Gasteiger partial charge on any atom is -0.309 e.